The first kappa shape index (κ1) is 8.70. The number of anilines is 1. The van der Waals surface area contributed by atoms with Crippen LogP contribution in [0.15, 0.2) is 29.2 Å². The van der Waals surface area contributed by atoms with Crippen LogP contribution in [0.25, 0.3) is 0 Å². The third-order valence-corrected chi connectivity index (χ3v) is 2.98. The first-order chi connectivity index (χ1) is 6.31. The summed E-state index contributed by atoms with van der Waals surface area (Å²) in [6, 6.07) is 6.59. The second kappa shape index (κ2) is 3.46. The van der Waals surface area contributed by atoms with Crippen molar-refractivity contribution in [1.82, 2.24) is 0 Å². The minimum absolute atomic E-state index is 1.01. The van der Waals surface area contributed by atoms with Crippen LogP contribution in [-0.4, -0.2) is 13.3 Å². The Balaban J connectivity index is 2.43. The van der Waals surface area contributed by atoms with E-state index in [0.29, 0.717) is 0 Å². The van der Waals surface area contributed by atoms with E-state index < -0.39 is 0 Å². The van der Waals surface area contributed by atoms with Crippen molar-refractivity contribution in [2.24, 2.45) is 0 Å². The van der Waals surface area contributed by atoms with Gasteiger partial charge in [0.1, 0.15) is 0 Å². The number of thioether (sulfide) groups is 1. The molecule has 0 atom stereocenters. The molecule has 13 heavy (non-hydrogen) atoms. The molecule has 1 aromatic rings. The molecular formula is C11H12NS. The number of fused-ring (bicyclic) bond motifs is 1. The highest BCUT2D eigenvalue weighted by Gasteiger charge is 2.09. The predicted molar refractivity (Wildman–Crippen MR) is 58.1 cm³/mol. The Hall–Kier alpha value is -0.890. The number of rotatable bonds is 1. The Morgan fingerprint density at radius 1 is 1.46 bits per heavy atom. The predicted octanol–water partition coefficient (Wildman–Crippen LogP) is 2.72. The highest BCUT2D eigenvalue weighted by atomic mass is 32.2. The Bertz CT molecular complexity index is 344. The van der Waals surface area contributed by atoms with E-state index in [0.717, 1.165) is 6.42 Å². The third kappa shape index (κ3) is 1.59. The summed E-state index contributed by atoms with van der Waals surface area (Å²) >= 11 is 1.79. The summed E-state index contributed by atoms with van der Waals surface area (Å²) in [5, 5.41) is 0. The van der Waals surface area contributed by atoms with Gasteiger partial charge in [0.05, 0.1) is 6.20 Å². The lowest BCUT2D eigenvalue weighted by atomic mass is 10.1. The summed E-state index contributed by atoms with van der Waals surface area (Å²) < 4.78 is 0. The second-order valence-electron chi connectivity index (χ2n) is 3.09. The van der Waals surface area contributed by atoms with Gasteiger partial charge in [-0.15, -0.1) is 11.8 Å². The van der Waals surface area contributed by atoms with Gasteiger partial charge in [0, 0.05) is 17.6 Å². The number of nitrogens with zero attached hydrogens (tertiary/aromatic N) is 1. The van der Waals surface area contributed by atoms with Crippen LogP contribution in [0.5, 0.6) is 0 Å². The molecule has 0 unspecified atom stereocenters. The molecule has 0 N–H and O–H groups in total. The molecule has 0 saturated carbocycles. The summed E-state index contributed by atoms with van der Waals surface area (Å²) in [5.41, 5.74) is 2.67. The van der Waals surface area contributed by atoms with Crippen LogP contribution in [0.2, 0.25) is 0 Å². The van der Waals surface area contributed by atoms with Gasteiger partial charge < -0.3 is 4.90 Å². The molecule has 1 aliphatic heterocycles. The van der Waals surface area contributed by atoms with Crippen LogP contribution in [-0.2, 0) is 6.42 Å². The van der Waals surface area contributed by atoms with Gasteiger partial charge in [-0.3, -0.25) is 0 Å². The minimum Gasteiger partial charge on any atom is -0.343 e. The molecule has 2 heteroatoms. The van der Waals surface area contributed by atoms with Crippen LogP contribution in [0.3, 0.4) is 0 Å². The topological polar surface area (TPSA) is 3.24 Å². The Morgan fingerprint density at radius 2 is 2.31 bits per heavy atom. The quantitative estimate of drug-likeness (QED) is 0.626. The Morgan fingerprint density at radius 3 is 3.08 bits per heavy atom. The van der Waals surface area contributed by atoms with E-state index in [4.69, 9.17) is 0 Å². The lowest BCUT2D eigenvalue weighted by molar-refractivity contribution is 1.05. The van der Waals surface area contributed by atoms with Crippen molar-refractivity contribution in [3.8, 4) is 0 Å². The Kier molecular flexibility index (Phi) is 2.32. The van der Waals surface area contributed by atoms with Gasteiger partial charge in [-0.1, -0.05) is 6.08 Å². The fourth-order valence-corrected chi connectivity index (χ4v) is 2.01. The minimum atomic E-state index is 1.01. The maximum atomic E-state index is 3.18. The molecule has 67 valence electrons. The van der Waals surface area contributed by atoms with E-state index in [1.807, 2.05) is 11.9 Å². The molecule has 1 radical (unpaired) electrons. The largest absolute Gasteiger partial charge is 0.343 e. The van der Waals surface area contributed by atoms with E-state index in [-0.39, 0.29) is 0 Å². The summed E-state index contributed by atoms with van der Waals surface area (Å²) in [6.07, 6.45) is 8.37. The zero-order valence-electron chi connectivity index (χ0n) is 7.87. The van der Waals surface area contributed by atoms with Gasteiger partial charge in [-0.2, -0.15) is 0 Å². The molecule has 0 bridgehead atoms. The number of hydrogen-bond donors (Lipinski definition) is 0. The summed E-state index contributed by atoms with van der Waals surface area (Å²) in [4.78, 5) is 3.38. The molecule has 0 spiro atoms. The lowest BCUT2D eigenvalue weighted by Crippen LogP contribution is -2.14. The number of hydrogen-bond acceptors (Lipinski definition) is 2. The first-order valence-electron chi connectivity index (χ1n) is 4.30. The first-order valence-corrected chi connectivity index (χ1v) is 5.52. The van der Waals surface area contributed by atoms with E-state index in [2.05, 4.69) is 36.7 Å². The number of benzene rings is 1. The zero-order chi connectivity index (χ0) is 9.26. The summed E-state index contributed by atoms with van der Waals surface area (Å²) in [5.74, 6) is 0. The van der Waals surface area contributed by atoms with Crippen LogP contribution in [0.4, 0.5) is 5.69 Å². The smallest absolute Gasteiger partial charge is 0.0609 e. The average molecular weight is 190 g/mol. The molecular weight excluding hydrogens is 178 g/mol. The average Bonchev–Trinajstić information content (AvgIpc) is 2.18. The van der Waals surface area contributed by atoms with E-state index >= 15 is 0 Å². The van der Waals surface area contributed by atoms with Crippen molar-refractivity contribution >= 4 is 17.4 Å². The molecule has 2 rings (SSSR count). The van der Waals surface area contributed by atoms with Crippen LogP contribution >= 0.6 is 11.8 Å². The van der Waals surface area contributed by atoms with Crippen LogP contribution in [0.1, 0.15) is 5.56 Å². The van der Waals surface area contributed by atoms with Gasteiger partial charge in [0.25, 0.3) is 0 Å². The molecule has 1 nitrogen and oxygen atoms in total. The molecule has 0 saturated heterocycles. The highest BCUT2D eigenvalue weighted by molar-refractivity contribution is 7.98. The van der Waals surface area contributed by atoms with Crippen molar-refractivity contribution < 1.29 is 0 Å². The fraction of sp³-hybridized carbons (Fsp3) is 0.273. The molecule has 1 heterocycles. The molecule has 1 aromatic carbocycles. The molecule has 1 aliphatic rings. The van der Waals surface area contributed by atoms with Crippen molar-refractivity contribution in [3.63, 3.8) is 0 Å². The van der Waals surface area contributed by atoms with Crippen molar-refractivity contribution in [1.29, 1.82) is 0 Å². The van der Waals surface area contributed by atoms with Crippen molar-refractivity contribution in [2.45, 2.75) is 11.3 Å². The van der Waals surface area contributed by atoms with Crippen LogP contribution < -0.4 is 4.90 Å². The summed E-state index contributed by atoms with van der Waals surface area (Å²) in [7, 11) is 2.03. The van der Waals surface area contributed by atoms with E-state index in [1.54, 1.807) is 11.8 Å². The zero-order valence-corrected chi connectivity index (χ0v) is 8.69. The second-order valence-corrected chi connectivity index (χ2v) is 3.97. The lowest BCUT2D eigenvalue weighted by Gasteiger charge is -2.21. The van der Waals surface area contributed by atoms with E-state index in [9.17, 15) is 0 Å². The molecule has 0 aliphatic carbocycles. The van der Waals surface area contributed by atoms with Crippen molar-refractivity contribution in [3.05, 3.63) is 36.0 Å². The van der Waals surface area contributed by atoms with Crippen molar-refractivity contribution in [2.75, 3.05) is 18.2 Å². The third-order valence-electron chi connectivity index (χ3n) is 2.25. The maximum Gasteiger partial charge on any atom is 0.0609 e. The van der Waals surface area contributed by atoms with Crippen LogP contribution in [0, 0.1) is 6.20 Å². The molecule has 0 aromatic heterocycles. The van der Waals surface area contributed by atoms with Gasteiger partial charge in [0.15, 0.2) is 0 Å². The van der Waals surface area contributed by atoms with Gasteiger partial charge >= 0.3 is 0 Å². The standard InChI is InChI=1S/C11H12NS/c1-12-7-3-4-9-8-10(13-2)5-6-11(9)12/h3,5-6,8H,4H2,1-2H3. The SMILES string of the molecule is CSc1ccc2c(c1)CC=[C]N2C. The monoisotopic (exact) mass is 190 g/mol. The van der Waals surface area contributed by atoms with Gasteiger partial charge in [0.2, 0.25) is 0 Å². The Labute approximate surface area is 83.4 Å². The molecule has 0 fully saturated rings. The number of allylic oxidation sites excluding steroid dienone is 1. The normalized spacial score (nSPS) is 14.5. The summed E-state index contributed by atoms with van der Waals surface area (Å²) in [6.45, 7) is 0. The maximum absolute atomic E-state index is 3.18. The molecule has 0 amide bonds. The van der Waals surface area contributed by atoms with Gasteiger partial charge in [-0.05, 0) is 36.4 Å². The van der Waals surface area contributed by atoms with Gasteiger partial charge in [-0.25, -0.2) is 0 Å². The van der Waals surface area contributed by atoms with E-state index in [1.165, 1.54) is 16.1 Å². The highest BCUT2D eigenvalue weighted by Crippen LogP contribution is 2.28. The fourth-order valence-electron chi connectivity index (χ4n) is 1.54.